The Morgan fingerprint density at radius 3 is 2.74 bits per heavy atom. The lowest BCUT2D eigenvalue weighted by atomic mass is 10.2. The quantitative estimate of drug-likeness (QED) is 0.926. The van der Waals surface area contributed by atoms with E-state index in [9.17, 15) is 4.39 Å². The Balaban J connectivity index is 2.14. The minimum atomic E-state index is -0.257. The monoisotopic (exact) mass is 325 g/mol. The van der Waals surface area contributed by atoms with Crippen molar-refractivity contribution in [3.05, 3.63) is 45.4 Å². The Kier molecular flexibility index (Phi) is 4.24. The van der Waals surface area contributed by atoms with Gasteiger partial charge in [-0.1, -0.05) is 6.92 Å². The molecule has 1 aromatic carbocycles. The lowest BCUT2D eigenvalue weighted by Gasteiger charge is -2.10. The molecule has 1 heterocycles. The predicted molar refractivity (Wildman–Crippen MR) is 78.7 cm³/mol. The minimum Gasteiger partial charge on any atom is -0.379 e. The topological polar surface area (TPSA) is 29.9 Å². The van der Waals surface area contributed by atoms with Crippen molar-refractivity contribution >= 4 is 21.6 Å². The normalized spacial score (nSPS) is 10.8. The van der Waals surface area contributed by atoms with Gasteiger partial charge in [0.25, 0.3) is 0 Å². The van der Waals surface area contributed by atoms with E-state index in [1.54, 1.807) is 6.07 Å². The molecule has 0 unspecified atom stereocenters. The van der Waals surface area contributed by atoms with Gasteiger partial charge in [-0.3, -0.25) is 4.68 Å². The molecule has 0 bridgehead atoms. The van der Waals surface area contributed by atoms with Crippen molar-refractivity contribution in [2.24, 2.45) is 7.05 Å². The molecule has 0 amide bonds. The van der Waals surface area contributed by atoms with Crippen molar-refractivity contribution in [2.75, 3.05) is 5.32 Å². The summed E-state index contributed by atoms with van der Waals surface area (Å²) in [4.78, 5) is 0. The van der Waals surface area contributed by atoms with Crippen LogP contribution in [0.15, 0.2) is 22.7 Å². The molecule has 0 aliphatic heterocycles. The average molecular weight is 326 g/mol. The third-order valence-corrected chi connectivity index (χ3v) is 3.72. The molecule has 1 aromatic heterocycles. The number of aromatic nitrogens is 2. The maximum absolute atomic E-state index is 13.5. The molecule has 0 fully saturated rings. The van der Waals surface area contributed by atoms with E-state index in [0.717, 1.165) is 29.1 Å². The van der Waals surface area contributed by atoms with Crippen LogP contribution in [0.3, 0.4) is 0 Å². The number of hydrogen-bond donors (Lipinski definition) is 1. The van der Waals surface area contributed by atoms with Gasteiger partial charge in [-0.2, -0.15) is 5.10 Å². The molecule has 3 nitrogen and oxygen atoms in total. The van der Waals surface area contributed by atoms with Crippen LogP contribution in [0.1, 0.15) is 23.9 Å². The lowest BCUT2D eigenvalue weighted by Crippen LogP contribution is -2.06. The second-order valence-corrected chi connectivity index (χ2v) is 5.39. The number of benzene rings is 1. The van der Waals surface area contributed by atoms with E-state index in [1.165, 1.54) is 6.07 Å². The molecule has 0 radical (unpaired) electrons. The number of halogens is 2. The van der Waals surface area contributed by atoms with Crippen molar-refractivity contribution in [1.82, 2.24) is 9.78 Å². The largest absolute Gasteiger partial charge is 0.379 e. The molecule has 0 atom stereocenters. The Hall–Kier alpha value is -1.36. The second-order valence-electron chi connectivity index (χ2n) is 4.54. The number of hydrogen-bond acceptors (Lipinski definition) is 2. The highest BCUT2D eigenvalue weighted by atomic mass is 79.9. The first-order valence-corrected chi connectivity index (χ1v) is 7.02. The van der Waals surface area contributed by atoms with E-state index < -0.39 is 0 Å². The van der Waals surface area contributed by atoms with E-state index >= 15 is 0 Å². The zero-order valence-corrected chi connectivity index (χ0v) is 12.9. The fourth-order valence-electron chi connectivity index (χ4n) is 1.93. The van der Waals surface area contributed by atoms with Gasteiger partial charge in [-0.15, -0.1) is 0 Å². The number of anilines is 1. The van der Waals surface area contributed by atoms with Crippen LogP contribution in [-0.2, 0) is 20.0 Å². The van der Waals surface area contributed by atoms with Crippen molar-refractivity contribution < 1.29 is 4.39 Å². The zero-order chi connectivity index (χ0) is 14.0. The number of rotatable bonds is 4. The molecule has 2 aromatic rings. The van der Waals surface area contributed by atoms with Gasteiger partial charge < -0.3 is 5.32 Å². The molecular formula is C14H17BrFN3. The van der Waals surface area contributed by atoms with Gasteiger partial charge in [0.2, 0.25) is 0 Å². The zero-order valence-electron chi connectivity index (χ0n) is 11.3. The maximum Gasteiger partial charge on any atom is 0.139 e. The van der Waals surface area contributed by atoms with Crippen LogP contribution in [0, 0.1) is 12.7 Å². The van der Waals surface area contributed by atoms with Crippen LogP contribution >= 0.6 is 15.9 Å². The van der Waals surface area contributed by atoms with E-state index in [2.05, 4.69) is 39.3 Å². The van der Waals surface area contributed by atoms with E-state index in [-0.39, 0.29) is 5.82 Å². The third kappa shape index (κ3) is 3.15. The standard InChI is InChI=1S/C14H17BrFN3/c1-4-10-6-11(19(3)18-10)8-17-14-7-13(16)12(15)5-9(14)2/h5-7,17H,4,8H2,1-3H3. The van der Waals surface area contributed by atoms with Gasteiger partial charge in [0, 0.05) is 12.7 Å². The highest BCUT2D eigenvalue weighted by Gasteiger charge is 2.07. The summed E-state index contributed by atoms with van der Waals surface area (Å²) in [5.74, 6) is -0.257. The smallest absolute Gasteiger partial charge is 0.139 e. The van der Waals surface area contributed by atoms with E-state index in [0.29, 0.717) is 11.0 Å². The van der Waals surface area contributed by atoms with Crippen LogP contribution in [0.5, 0.6) is 0 Å². The van der Waals surface area contributed by atoms with Gasteiger partial charge in [0.05, 0.1) is 22.4 Å². The third-order valence-electron chi connectivity index (χ3n) is 3.12. The summed E-state index contributed by atoms with van der Waals surface area (Å²) < 4.78 is 15.9. The SMILES string of the molecule is CCc1cc(CNc2cc(F)c(Br)cc2C)n(C)n1. The Bertz CT molecular complexity index is 593. The van der Waals surface area contributed by atoms with Crippen molar-refractivity contribution in [3.8, 4) is 0 Å². The molecule has 19 heavy (non-hydrogen) atoms. The second kappa shape index (κ2) is 5.74. The van der Waals surface area contributed by atoms with Crippen LogP contribution in [0.25, 0.3) is 0 Å². The van der Waals surface area contributed by atoms with Gasteiger partial charge in [0.15, 0.2) is 0 Å². The summed E-state index contributed by atoms with van der Waals surface area (Å²) in [5, 5.41) is 7.64. The molecule has 2 rings (SSSR count). The predicted octanol–water partition coefficient (Wildman–Crippen LogP) is 3.80. The van der Waals surface area contributed by atoms with E-state index in [4.69, 9.17) is 0 Å². The van der Waals surface area contributed by atoms with Crippen LogP contribution < -0.4 is 5.32 Å². The summed E-state index contributed by atoms with van der Waals surface area (Å²) in [6, 6.07) is 5.35. The van der Waals surface area contributed by atoms with Gasteiger partial charge in [-0.05, 0) is 53.0 Å². The molecule has 0 saturated carbocycles. The Labute approximate surface area is 121 Å². The molecule has 102 valence electrons. The first-order chi connectivity index (χ1) is 9.01. The maximum atomic E-state index is 13.5. The van der Waals surface area contributed by atoms with Crippen LogP contribution in [-0.4, -0.2) is 9.78 Å². The summed E-state index contributed by atoms with van der Waals surface area (Å²) in [5.41, 5.74) is 3.96. The van der Waals surface area contributed by atoms with Crippen LogP contribution in [0.2, 0.25) is 0 Å². The first kappa shape index (κ1) is 14.1. The summed E-state index contributed by atoms with van der Waals surface area (Å²) in [7, 11) is 1.92. The summed E-state index contributed by atoms with van der Waals surface area (Å²) >= 11 is 3.18. The average Bonchev–Trinajstić information content (AvgIpc) is 2.73. The number of nitrogens with zero attached hydrogens (tertiary/aromatic N) is 2. The molecular weight excluding hydrogens is 309 g/mol. The minimum absolute atomic E-state index is 0.257. The molecule has 0 aliphatic rings. The highest BCUT2D eigenvalue weighted by Crippen LogP contribution is 2.24. The van der Waals surface area contributed by atoms with Gasteiger partial charge in [-0.25, -0.2) is 4.39 Å². The fraction of sp³-hybridized carbons (Fsp3) is 0.357. The summed E-state index contributed by atoms with van der Waals surface area (Å²) in [6.07, 6.45) is 0.916. The summed E-state index contributed by atoms with van der Waals surface area (Å²) in [6.45, 7) is 4.66. The number of nitrogens with one attached hydrogen (secondary N) is 1. The van der Waals surface area contributed by atoms with Crippen LogP contribution in [0.4, 0.5) is 10.1 Å². The molecule has 0 aliphatic carbocycles. The van der Waals surface area contributed by atoms with Crippen molar-refractivity contribution in [1.29, 1.82) is 0 Å². The van der Waals surface area contributed by atoms with E-state index in [1.807, 2.05) is 18.7 Å². The first-order valence-electron chi connectivity index (χ1n) is 6.22. The Morgan fingerprint density at radius 1 is 1.37 bits per heavy atom. The molecule has 5 heteroatoms. The molecule has 0 spiro atoms. The van der Waals surface area contributed by atoms with Crippen molar-refractivity contribution in [2.45, 2.75) is 26.8 Å². The van der Waals surface area contributed by atoms with Gasteiger partial charge in [0.1, 0.15) is 5.82 Å². The molecule has 1 N–H and O–H groups in total. The van der Waals surface area contributed by atoms with Crippen molar-refractivity contribution in [3.63, 3.8) is 0 Å². The lowest BCUT2D eigenvalue weighted by molar-refractivity contribution is 0.621. The molecule has 0 saturated heterocycles. The Morgan fingerprint density at radius 2 is 2.11 bits per heavy atom. The van der Waals surface area contributed by atoms with Gasteiger partial charge >= 0.3 is 0 Å². The highest BCUT2D eigenvalue weighted by molar-refractivity contribution is 9.10. The number of aryl methyl sites for hydroxylation is 3. The fourth-order valence-corrected chi connectivity index (χ4v) is 2.39.